The standard InChI is InChI=1S/C25H25N3O4/c1-30-21-13-19(14-22(31-2)24(21)32-3)23(28-20-11-9-17(15-26)10-12-20)25(29)27-16-18-7-5-4-6-8-18/h4-14,23,28H,16H2,1-3H3,(H,27,29)/t23-/m1/s1. The lowest BCUT2D eigenvalue weighted by Gasteiger charge is -2.22. The minimum atomic E-state index is -0.750. The molecule has 1 amide bonds. The third-order valence-electron chi connectivity index (χ3n) is 4.92. The highest BCUT2D eigenvalue weighted by molar-refractivity contribution is 5.86. The summed E-state index contributed by atoms with van der Waals surface area (Å²) in [6, 6.07) is 21.4. The van der Waals surface area contributed by atoms with Crippen LogP contribution in [0.2, 0.25) is 0 Å². The first-order valence-corrected chi connectivity index (χ1v) is 9.97. The molecular weight excluding hydrogens is 406 g/mol. The molecule has 0 fully saturated rings. The Bertz CT molecular complexity index is 1070. The first-order chi connectivity index (χ1) is 15.6. The molecule has 0 aliphatic rings. The van der Waals surface area contributed by atoms with Crippen molar-refractivity contribution in [2.24, 2.45) is 0 Å². The predicted molar refractivity (Wildman–Crippen MR) is 122 cm³/mol. The zero-order chi connectivity index (χ0) is 22.9. The molecule has 7 heteroatoms. The van der Waals surface area contributed by atoms with E-state index in [1.165, 1.54) is 21.3 Å². The normalized spacial score (nSPS) is 11.1. The second-order valence-electron chi connectivity index (χ2n) is 6.93. The molecule has 0 heterocycles. The van der Waals surface area contributed by atoms with Crippen LogP contribution in [-0.2, 0) is 11.3 Å². The van der Waals surface area contributed by atoms with Gasteiger partial charge in [-0.1, -0.05) is 30.3 Å². The Morgan fingerprint density at radius 3 is 2.09 bits per heavy atom. The van der Waals surface area contributed by atoms with E-state index >= 15 is 0 Å². The van der Waals surface area contributed by atoms with Crippen LogP contribution in [0.4, 0.5) is 5.69 Å². The van der Waals surface area contributed by atoms with Crippen molar-refractivity contribution in [3.63, 3.8) is 0 Å². The number of nitrogens with zero attached hydrogens (tertiary/aromatic N) is 1. The molecule has 0 aliphatic heterocycles. The summed E-state index contributed by atoms with van der Waals surface area (Å²) >= 11 is 0. The van der Waals surface area contributed by atoms with E-state index in [-0.39, 0.29) is 5.91 Å². The van der Waals surface area contributed by atoms with Crippen LogP contribution in [0.25, 0.3) is 0 Å². The van der Waals surface area contributed by atoms with Crippen LogP contribution in [0, 0.1) is 11.3 Å². The lowest BCUT2D eigenvalue weighted by atomic mass is 10.0. The number of amides is 1. The molecule has 7 nitrogen and oxygen atoms in total. The second kappa shape index (κ2) is 10.7. The largest absolute Gasteiger partial charge is 0.493 e. The van der Waals surface area contributed by atoms with Crippen LogP contribution < -0.4 is 24.8 Å². The highest BCUT2D eigenvalue weighted by Crippen LogP contribution is 2.40. The second-order valence-corrected chi connectivity index (χ2v) is 6.93. The summed E-state index contributed by atoms with van der Waals surface area (Å²) in [6.45, 7) is 0.385. The fourth-order valence-electron chi connectivity index (χ4n) is 3.26. The molecule has 3 rings (SSSR count). The van der Waals surface area contributed by atoms with Crippen LogP contribution in [0.5, 0.6) is 17.2 Å². The van der Waals surface area contributed by atoms with Crippen LogP contribution >= 0.6 is 0 Å². The molecule has 0 saturated heterocycles. The van der Waals surface area contributed by atoms with Gasteiger partial charge in [0.05, 0.1) is 33.0 Å². The van der Waals surface area contributed by atoms with Gasteiger partial charge in [0.1, 0.15) is 6.04 Å². The number of carbonyl (C=O) groups excluding carboxylic acids is 1. The number of ether oxygens (including phenoxy) is 3. The summed E-state index contributed by atoms with van der Waals surface area (Å²) in [5.41, 5.74) is 2.85. The summed E-state index contributed by atoms with van der Waals surface area (Å²) in [6.07, 6.45) is 0. The van der Waals surface area contributed by atoms with Gasteiger partial charge in [-0.2, -0.15) is 5.26 Å². The number of benzene rings is 3. The molecule has 0 spiro atoms. The van der Waals surface area contributed by atoms with Gasteiger partial charge in [-0.25, -0.2) is 0 Å². The lowest BCUT2D eigenvalue weighted by Crippen LogP contribution is -2.33. The highest BCUT2D eigenvalue weighted by Gasteiger charge is 2.24. The number of carbonyl (C=O) groups is 1. The van der Waals surface area contributed by atoms with E-state index < -0.39 is 6.04 Å². The highest BCUT2D eigenvalue weighted by atomic mass is 16.5. The monoisotopic (exact) mass is 431 g/mol. The van der Waals surface area contributed by atoms with Gasteiger partial charge in [-0.3, -0.25) is 4.79 Å². The molecule has 0 bridgehead atoms. The molecule has 2 N–H and O–H groups in total. The number of methoxy groups -OCH3 is 3. The smallest absolute Gasteiger partial charge is 0.247 e. The third-order valence-corrected chi connectivity index (χ3v) is 4.92. The lowest BCUT2D eigenvalue weighted by molar-refractivity contribution is -0.122. The fourth-order valence-corrected chi connectivity index (χ4v) is 3.26. The number of hydrogen-bond acceptors (Lipinski definition) is 6. The molecule has 3 aromatic rings. The van der Waals surface area contributed by atoms with Gasteiger partial charge in [0, 0.05) is 12.2 Å². The maximum Gasteiger partial charge on any atom is 0.247 e. The van der Waals surface area contributed by atoms with Gasteiger partial charge in [-0.05, 0) is 47.5 Å². The molecule has 3 aromatic carbocycles. The maximum absolute atomic E-state index is 13.3. The van der Waals surface area contributed by atoms with Crippen molar-refractivity contribution >= 4 is 11.6 Å². The molecule has 164 valence electrons. The molecule has 0 radical (unpaired) electrons. The van der Waals surface area contributed by atoms with Gasteiger partial charge in [0.25, 0.3) is 0 Å². The van der Waals surface area contributed by atoms with E-state index in [0.29, 0.717) is 40.6 Å². The number of nitriles is 1. The molecule has 0 unspecified atom stereocenters. The number of anilines is 1. The van der Waals surface area contributed by atoms with Gasteiger partial charge in [0.15, 0.2) is 11.5 Å². The van der Waals surface area contributed by atoms with Gasteiger partial charge in [-0.15, -0.1) is 0 Å². The predicted octanol–water partition coefficient (Wildman–Crippen LogP) is 4.05. The quantitative estimate of drug-likeness (QED) is 0.531. The van der Waals surface area contributed by atoms with Crippen LogP contribution in [-0.4, -0.2) is 27.2 Å². The third kappa shape index (κ3) is 5.29. The number of hydrogen-bond donors (Lipinski definition) is 2. The minimum Gasteiger partial charge on any atom is -0.493 e. The molecule has 32 heavy (non-hydrogen) atoms. The molecule has 0 aliphatic carbocycles. The Morgan fingerprint density at radius 1 is 0.938 bits per heavy atom. The first-order valence-electron chi connectivity index (χ1n) is 9.97. The van der Waals surface area contributed by atoms with Crippen molar-refractivity contribution in [3.05, 3.63) is 83.4 Å². The van der Waals surface area contributed by atoms with Gasteiger partial charge in [0.2, 0.25) is 11.7 Å². The van der Waals surface area contributed by atoms with Crippen molar-refractivity contribution < 1.29 is 19.0 Å². The molecule has 0 saturated carbocycles. The van der Waals surface area contributed by atoms with E-state index in [4.69, 9.17) is 19.5 Å². The van der Waals surface area contributed by atoms with Gasteiger partial charge < -0.3 is 24.8 Å². The summed E-state index contributed by atoms with van der Waals surface area (Å²) in [5, 5.41) is 15.3. The summed E-state index contributed by atoms with van der Waals surface area (Å²) in [5.74, 6) is 1.11. The average molecular weight is 431 g/mol. The zero-order valence-electron chi connectivity index (χ0n) is 18.2. The molecular formula is C25H25N3O4. The Hall–Kier alpha value is -4.18. The van der Waals surface area contributed by atoms with E-state index in [1.54, 1.807) is 36.4 Å². The van der Waals surface area contributed by atoms with Crippen LogP contribution in [0.3, 0.4) is 0 Å². The van der Waals surface area contributed by atoms with Crippen LogP contribution in [0.15, 0.2) is 66.7 Å². The Balaban J connectivity index is 1.95. The van der Waals surface area contributed by atoms with Gasteiger partial charge >= 0.3 is 0 Å². The molecule has 1 atom stereocenters. The van der Waals surface area contributed by atoms with Crippen molar-refractivity contribution in [2.75, 3.05) is 26.6 Å². The van der Waals surface area contributed by atoms with Crippen molar-refractivity contribution in [2.45, 2.75) is 12.6 Å². The Labute approximate surface area is 187 Å². The van der Waals surface area contributed by atoms with Crippen molar-refractivity contribution in [1.82, 2.24) is 5.32 Å². The van der Waals surface area contributed by atoms with E-state index in [0.717, 1.165) is 5.56 Å². The maximum atomic E-state index is 13.3. The summed E-state index contributed by atoms with van der Waals surface area (Å²) in [4.78, 5) is 13.3. The van der Waals surface area contributed by atoms with E-state index in [9.17, 15) is 4.79 Å². The van der Waals surface area contributed by atoms with Crippen LogP contribution in [0.1, 0.15) is 22.7 Å². The summed E-state index contributed by atoms with van der Waals surface area (Å²) in [7, 11) is 4.58. The fraction of sp³-hybridized carbons (Fsp3) is 0.200. The topological polar surface area (TPSA) is 92.6 Å². The summed E-state index contributed by atoms with van der Waals surface area (Å²) < 4.78 is 16.3. The van der Waals surface area contributed by atoms with Crippen molar-refractivity contribution in [3.8, 4) is 23.3 Å². The molecule has 0 aromatic heterocycles. The SMILES string of the molecule is COc1cc([C@@H](Nc2ccc(C#N)cc2)C(=O)NCc2ccccc2)cc(OC)c1OC. The number of rotatable bonds is 9. The minimum absolute atomic E-state index is 0.229. The van der Waals surface area contributed by atoms with E-state index in [1.807, 2.05) is 30.3 Å². The Morgan fingerprint density at radius 2 is 1.56 bits per heavy atom. The first kappa shape index (κ1) is 22.5. The Kier molecular flexibility index (Phi) is 7.55. The average Bonchev–Trinajstić information content (AvgIpc) is 2.85. The van der Waals surface area contributed by atoms with E-state index in [2.05, 4.69) is 16.7 Å². The zero-order valence-corrected chi connectivity index (χ0v) is 18.2. The number of nitrogens with one attached hydrogen (secondary N) is 2. The van der Waals surface area contributed by atoms with Crippen molar-refractivity contribution in [1.29, 1.82) is 5.26 Å².